The van der Waals surface area contributed by atoms with Gasteiger partial charge in [0.2, 0.25) is 5.91 Å². The number of hydrogen-bond donors (Lipinski definition) is 1. The molecular formula is C18H19N3O2S. The molecule has 124 valence electrons. The number of anilines is 1. The van der Waals surface area contributed by atoms with E-state index in [0.717, 1.165) is 32.1 Å². The summed E-state index contributed by atoms with van der Waals surface area (Å²) in [7, 11) is 0. The molecule has 1 amide bonds. The van der Waals surface area contributed by atoms with Gasteiger partial charge in [0.25, 0.3) is 5.56 Å². The number of rotatable bonds is 3. The van der Waals surface area contributed by atoms with Gasteiger partial charge in [-0.05, 0) is 44.9 Å². The number of benzene rings is 1. The fourth-order valence-electron chi connectivity index (χ4n) is 2.68. The van der Waals surface area contributed by atoms with Crippen LogP contribution >= 0.6 is 11.3 Å². The van der Waals surface area contributed by atoms with Crippen LogP contribution in [0.1, 0.15) is 21.6 Å². The molecule has 1 aromatic carbocycles. The highest BCUT2D eigenvalue weighted by Crippen LogP contribution is 2.25. The van der Waals surface area contributed by atoms with Gasteiger partial charge in [-0.2, -0.15) is 0 Å². The second kappa shape index (κ2) is 6.20. The van der Waals surface area contributed by atoms with Crippen LogP contribution < -0.4 is 10.9 Å². The Morgan fingerprint density at radius 2 is 2.00 bits per heavy atom. The highest BCUT2D eigenvalue weighted by Gasteiger charge is 2.14. The summed E-state index contributed by atoms with van der Waals surface area (Å²) in [5.41, 5.74) is 3.66. The van der Waals surface area contributed by atoms with Crippen LogP contribution in [0.25, 0.3) is 10.2 Å². The molecule has 0 unspecified atom stereocenters. The number of aromatic nitrogens is 2. The van der Waals surface area contributed by atoms with Gasteiger partial charge in [-0.1, -0.05) is 17.7 Å². The maximum atomic E-state index is 12.6. The number of fused-ring (bicyclic) bond motifs is 1. The van der Waals surface area contributed by atoms with Gasteiger partial charge in [-0.3, -0.25) is 14.2 Å². The zero-order valence-corrected chi connectivity index (χ0v) is 15.0. The van der Waals surface area contributed by atoms with Gasteiger partial charge in [0, 0.05) is 10.6 Å². The summed E-state index contributed by atoms with van der Waals surface area (Å²) in [5.74, 6) is -0.241. The van der Waals surface area contributed by atoms with Gasteiger partial charge in [-0.15, -0.1) is 11.3 Å². The zero-order valence-electron chi connectivity index (χ0n) is 14.1. The van der Waals surface area contributed by atoms with Crippen molar-refractivity contribution in [3.63, 3.8) is 0 Å². The molecule has 0 bridgehead atoms. The third kappa shape index (κ3) is 2.97. The molecular weight excluding hydrogens is 322 g/mol. The number of amides is 1. The van der Waals surface area contributed by atoms with Gasteiger partial charge in [0.05, 0.1) is 11.7 Å². The van der Waals surface area contributed by atoms with E-state index in [-0.39, 0.29) is 18.0 Å². The van der Waals surface area contributed by atoms with Crippen LogP contribution in [0.3, 0.4) is 0 Å². The van der Waals surface area contributed by atoms with Crippen molar-refractivity contribution in [2.45, 2.75) is 34.2 Å². The minimum absolute atomic E-state index is 0.0522. The van der Waals surface area contributed by atoms with Crippen LogP contribution in [0.15, 0.2) is 29.3 Å². The Morgan fingerprint density at radius 1 is 1.25 bits per heavy atom. The van der Waals surface area contributed by atoms with E-state index in [4.69, 9.17) is 0 Å². The molecule has 0 aliphatic carbocycles. The fraction of sp³-hybridized carbons (Fsp3) is 0.278. The highest BCUT2D eigenvalue weighted by molar-refractivity contribution is 7.18. The summed E-state index contributed by atoms with van der Waals surface area (Å²) >= 11 is 1.50. The fourth-order valence-corrected chi connectivity index (χ4v) is 3.67. The second-order valence-electron chi connectivity index (χ2n) is 6.01. The number of hydrogen-bond acceptors (Lipinski definition) is 4. The predicted molar refractivity (Wildman–Crippen MR) is 97.9 cm³/mol. The molecule has 24 heavy (non-hydrogen) atoms. The number of nitrogens with zero attached hydrogens (tertiary/aromatic N) is 2. The van der Waals surface area contributed by atoms with E-state index in [9.17, 15) is 9.59 Å². The minimum atomic E-state index is -0.241. The Balaban J connectivity index is 1.87. The first-order valence-corrected chi connectivity index (χ1v) is 8.50. The molecule has 5 nitrogen and oxygen atoms in total. The Kier molecular flexibility index (Phi) is 4.24. The molecule has 0 saturated heterocycles. The maximum absolute atomic E-state index is 12.6. The van der Waals surface area contributed by atoms with Crippen molar-refractivity contribution in [3.8, 4) is 0 Å². The monoisotopic (exact) mass is 341 g/mol. The molecule has 0 aliphatic heterocycles. The van der Waals surface area contributed by atoms with Crippen molar-refractivity contribution in [2.24, 2.45) is 0 Å². The SMILES string of the molecule is Cc1ccc(NC(=O)Cn2cnc3sc(C)c(C)c3c2=O)c(C)c1. The van der Waals surface area contributed by atoms with Crippen LogP contribution in [0, 0.1) is 27.7 Å². The molecule has 3 aromatic rings. The highest BCUT2D eigenvalue weighted by atomic mass is 32.1. The number of aryl methyl sites for hydroxylation is 4. The van der Waals surface area contributed by atoms with E-state index in [1.807, 2.05) is 45.9 Å². The number of thiophene rings is 1. The van der Waals surface area contributed by atoms with Crippen molar-refractivity contribution in [2.75, 3.05) is 5.32 Å². The summed E-state index contributed by atoms with van der Waals surface area (Å²) < 4.78 is 1.36. The lowest BCUT2D eigenvalue weighted by molar-refractivity contribution is -0.116. The predicted octanol–water partition coefficient (Wildman–Crippen LogP) is 3.33. The third-order valence-corrected chi connectivity index (χ3v) is 5.24. The molecule has 1 N–H and O–H groups in total. The van der Waals surface area contributed by atoms with E-state index in [1.54, 1.807) is 0 Å². The maximum Gasteiger partial charge on any atom is 0.262 e. The van der Waals surface area contributed by atoms with Crippen molar-refractivity contribution in [1.29, 1.82) is 0 Å². The first-order valence-electron chi connectivity index (χ1n) is 7.69. The molecule has 6 heteroatoms. The van der Waals surface area contributed by atoms with Crippen LogP contribution in [0.4, 0.5) is 5.69 Å². The topological polar surface area (TPSA) is 64.0 Å². The van der Waals surface area contributed by atoms with Crippen LogP contribution in [-0.4, -0.2) is 15.5 Å². The molecule has 0 atom stereocenters. The molecule has 0 saturated carbocycles. The Morgan fingerprint density at radius 3 is 2.71 bits per heavy atom. The van der Waals surface area contributed by atoms with Gasteiger partial charge < -0.3 is 5.32 Å². The molecule has 0 spiro atoms. The van der Waals surface area contributed by atoms with Crippen molar-refractivity contribution in [3.05, 3.63) is 56.4 Å². The smallest absolute Gasteiger partial charge is 0.262 e. The molecule has 0 aliphatic rings. The van der Waals surface area contributed by atoms with E-state index in [2.05, 4.69) is 10.3 Å². The Hall–Kier alpha value is -2.47. The number of carbonyl (C=O) groups is 1. The Bertz CT molecular complexity index is 1000. The molecule has 3 rings (SSSR count). The van der Waals surface area contributed by atoms with E-state index < -0.39 is 0 Å². The van der Waals surface area contributed by atoms with Crippen LogP contribution in [0.2, 0.25) is 0 Å². The third-order valence-electron chi connectivity index (χ3n) is 4.13. The zero-order chi connectivity index (χ0) is 17.4. The second-order valence-corrected chi connectivity index (χ2v) is 7.21. The first-order chi connectivity index (χ1) is 11.4. The summed E-state index contributed by atoms with van der Waals surface area (Å²) in [6.45, 7) is 7.78. The average molecular weight is 341 g/mol. The summed E-state index contributed by atoms with van der Waals surface area (Å²) in [6, 6.07) is 5.83. The molecule has 2 aromatic heterocycles. The summed E-state index contributed by atoms with van der Waals surface area (Å²) in [5, 5.41) is 3.47. The van der Waals surface area contributed by atoms with Crippen molar-refractivity contribution in [1.82, 2.24) is 9.55 Å². The first kappa shape index (κ1) is 16.4. The van der Waals surface area contributed by atoms with Gasteiger partial charge >= 0.3 is 0 Å². The normalized spacial score (nSPS) is 11.0. The van der Waals surface area contributed by atoms with Crippen LogP contribution in [0.5, 0.6) is 0 Å². The average Bonchev–Trinajstić information content (AvgIpc) is 2.81. The van der Waals surface area contributed by atoms with E-state index in [1.165, 1.54) is 22.2 Å². The molecule has 0 fully saturated rings. The van der Waals surface area contributed by atoms with E-state index in [0.29, 0.717) is 5.39 Å². The lowest BCUT2D eigenvalue weighted by atomic mass is 10.1. The quantitative estimate of drug-likeness (QED) is 0.795. The summed E-state index contributed by atoms with van der Waals surface area (Å²) in [6.07, 6.45) is 1.45. The lowest BCUT2D eigenvalue weighted by Gasteiger charge is -2.10. The number of carbonyl (C=O) groups excluding carboxylic acids is 1. The van der Waals surface area contributed by atoms with Crippen molar-refractivity contribution >= 4 is 33.1 Å². The van der Waals surface area contributed by atoms with E-state index >= 15 is 0 Å². The summed E-state index contributed by atoms with van der Waals surface area (Å²) in [4.78, 5) is 31.0. The van der Waals surface area contributed by atoms with Gasteiger partial charge in [0.1, 0.15) is 11.4 Å². The van der Waals surface area contributed by atoms with Gasteiger partial charge in [-0.25, -0.2) is 4.98 Å². The Labute approximate surface area is 144 Å². The standard InChI is InChI=1S/C18H19N3O2S/c1-10-5-6-14(11(2)7-10)20-15(22)8-21-9-19-17-16(18(21)23)12(3)13(4)24-17/h5-7,9H,8H2,1-4H3,(H,20,22). The largest absolute Gasteiger partial charge is 0.324 e. The molecule has 2 heterocycles. The van der Waals surface area contributed by atoms with Gasteiger partial charge in [0.15, 0.2) is 0 Å². The van der Waals surface area contributed by atoms with Crippen molar-refractivity contribution < 1.29 is 4.79 Å². The minimum Gasteiger partial charge on any atom is -0.324 e. The number of nitrogens with one attached hydrogen (secondary N) is 1. The lowest BCUT2D eigenvalue weighted by Crippen LogP contribution is -2.28. The molecule has 0 radical (unpaired) electrons. The van der Waals surface area contributed by atoms with Crippen LogP contribution in [-0.2, 0) is 11.3 Å².